The first-order valence-corrected chi connectivity index (χ1v) is 10.6. The van der Waals surface area contributed by atoms with Crippen LogP contribution >= 0.6 is 0 Å². The third kappa shape index (κ3) is 7.75. The highest BCUT2D eigenvalue weighted by Gasteiger charge is 2.31. The molecule has 5 nitrogen and oxygen atoms in total. The molecule has 170 valence electrons. The van der Waals surface area contributed by atoms with Crippen LogP contribution in [0.5, 0.6) is 11.5 Å². The van der Waals surface area contributed by atoms with E-state index in [-0.39, 0.29) is 10.9 Å². The van der Waals surface area contributed by atoms with Gasteiger partial charge in [-0.3, -0.25) is 4.90 Å². The quantitative estimate of drug-likeness (QED) is 0.568. The molecule has 31 heavy (non-hydrogen) atoms. The smallest absolute Gasteiger partial charge is 0.488 e. The van der Waals surface area contributed by atoms with E-state index in [2.05, 4.69) is 14.4 Å². The molecule has 0 aromatic heterocycles. The van der Waals surface area contributed by atoms with Crippen LogP contribution in [0.2, 0.25) is 0 Å². The van der Waals surface area contributed by atoms with Gasteiger partial charge in [-0.15, -0.1) is 13.2 Å². The number of hydrogen-bond donors (Lipinski definition) is 1. The molecule has 0 amide bonds. The number of halogens is 5. The Morgan fingerprint density at radius 2 is 1.87 bits per heavy atom. The molecule has 3 rings (SSSR count). The minimum absolute atomic E-state index is 0.0957. The monoisotopic (exact) mass is 464 g/mol. The lowest BCUT2D eigenvalue weighted by Crippen LogP contribution is -2.33. The molecule has 2 atom stereocenters. The van der Waals surface area contributed by atoms with Crippen LogP contribution < -0.4 is 14.2 Å². The average Bonchev–Trinajstić information content (AvgIpc) is 3.13. The fraction of sp³-hybridized carbons (Fsp3) is 0.400. The Morgan fingerprint density at radius 3 is 2.55 bits per heavy atom. The maximum atomic E-state index is 12.5. The van der Waals surface area contributed by atoms with Crippen molar-refractivity contribution in [1.82, 2.24) is 9.62 Å². The van der Waals surface area contributed by atoms with Gasteiger partial charge < -0.3 is 9.47 Å². The molecule has 2 unspecified atom stereocenters. The first-order valence-electron chi connectivity index (χ1n) is 9.44. The zero-order valence-electron chi connectivity index (χ0n) is 16.3. The summed E-state index contributed by atoms with van der Waals surface area (Å²) < 4.78 is 85.7. The Labute approximate surface area is 178 Å². The van der Waals surface area contributed by atoms with E-state index in [0.29, 0.717) is 18.8 Å². The fourth-order valence-electron chi connectivity index (χ4n) is 3.19. The van der Waals surface area contributed by atoms with E-state index in [4.69, 9.17) is 4.74 Å². The van der Waals surface area contributed by atoms with Crippen LogP contribution in [-0.2, 0) is 17.5 Å². The Kier molecular flexibility index (Phi) is 7.84. The molecule has 1 aliphatic rings. The highest BCUT2D eigenvalue weighted by Crippen LogP contribution is 2.24. The van der Waals surface area contributed by atoms with Crippen LogP contribution in [0, 0.1) is 0 Å². The second-order valence-electron chi connectivity index (χ2n) is 6.98. The summed E-state index contributed by atoms with van der Waals surface area (Å²) in [6, 6.07) is 11.8. The lowest BCUT2D eigenvalue weighted by atomic mass is 10.2. The highest BCUT2D eigenvalue weighted by molar-refractivity contribution is 7.83. The van der Waals surface area contributed by atoms with Gasteiger partial charge in [0.05, 0.1) is 4.90 Å². The minimum Gasteiger partial charge on any atom is -0.488 e. The molecule has 1 fully saturated rings. The van der Waals surface area contributed by atoms with E-state index in [9.17, 15) is 26.2 Å². The van der Waals surface area contributed by atoms with Crippen molar-refractivity contribution in [3.05, 3.63) is 54.1 Å². The van der Waals surface area contributed by atoms with Crippen LogP contribution in [0.3, 0.4) is 0 Å². The van der Waals surface area contributed by atoms with Crippen LogP contribution in [0.15, 0.2) is 53.4 Å². The Balaban J connectivity index is 1.49. The van der Waals surface area contributed by atoms with E-state index in [1.807, 2.05) is 0 Å². The molecule has 1 saturated heterocycles. The number of benzene rings is 2. The van der Waals surface area contributed by atoms with E-state index >= 15 is 0 Å². The Morgan fingerprint density at radius 1 is 1.13 bits per heavy atom. The lowest BCUT2D eigenvalue weighted by Gasteiger charge is -2.17. The summed E-state index contributed by atoms with van der Waals surface area (Å²) in [5, 5.41) is 0. The summed E-state index contributed by atoms with van der Waals surface area (Å²) in [4.78, 5) is 2.33. The first kappa shape index (κ1) is 23.4. The van der Waals surface area contributed by atoms with Gasteiger partial charge in [0.25, 0.3) is 6.43 Å². The number of nitrogens with zero attached hydrogens (tertiary/aromatic N) is 1. The molecule has 1 heterocycles. The van der Waals surface area contributed by atoms with Gasteiger partial charge in [-0.25, -0.2) is 17.7 Å². The molecule has 0 bridgehead atoms. The number of rotatable bonds is 9. The topological polar surface area (TPSA) is 50.8 Å². The van der Waals surface area contributed by atoms with Gasteiger partial charge in [0.1, 0.15) is 29.1 Å². The molecular weight excluding hydrogens is 443 g/mol. The maximum Gasteiger partial charge on any atom is 0.573 e. The number of hydrogen-bond acceptors (Lipinski definition) is 4. The highest BCUT2D eigenvalue weighted by atomic mass is 32.2. The van der Waals surface area contributed by atoms with Crippen LogP contribution in [0.25, 0.3) is 0 Å². The van der Waals surface area contributed by atoms with Crippen molar-refractivity contribution in [1.29, 1.82) is 0 Å². The molecule has 1 aliphatic heterocycles. The van der Waals surface area contributed by atoms with Gasteiger partial charge in [-0.2, -0.15) is 0 Å². The Bertz CT molecular complexity index is 880. The molecule has 11 heteroatoms. The van der Waals surface area contributed by atoms with Gasteiger partial charge in [0, 0.05) is 25.7 Å². The van der Waals surface area contributed by atoms with Crippen molar-refractivity contribution >= 4 is 11.0 Å². The predicted octanol–water partition coefficient (Wildman–Crippen LogP) is 4.12. The molecule has 0 aliphatic carbocycles. The standard InChI is InChI=1S/C20H21F5N2O3S/c21-19(22)13-29-16-6-4-14(5-7-16)11-27-9-8-15(12-27)26-31(28)18-3-1-2-17(10-18)30-20(23,24)25/h1-7,10,15,19,26H,8-9,11-13H2. The van der Waals surface area contributed by atoms with Gasteiger partial charge >= 0.3 is 6.36 Å². The van der Waals surface area contributed by atoms with Crippen molar-refractivity contribution in [3.63, 3.8) is 0 Å². The first-order chi connectivity index (χ1) is 14.7. The number of nitrogens with one attached hydrogen (secondary N) is 1. The van der Waals surface area contributed by atoms with Crippen LogP contribution in [0.1, 0.15) is 12.0 Å². The third-order valence-electron chi connectivity index (χ3n) is 4.50. The second kappa shape index (κ2) is 10.4. The summed E-state index contributed by atoms with van der Waals surface area (Å²) >= 11 is 0. The summed E-state index contributed by atoms with van der Waals surface area (Å²) in [5.41, 5.74) is 0.975. The average molecular weight is 464 g/mol. The van der Waals surface area contributed by atoms with Crippen molar-refractivity contribution < 1.29 is 35.6 Å². The van der Waals surface area contributed by atoms with E-state index in [1.54, 1.807) is 24.3 Å². The van der Waals surface area contributed by atoms with Crippen molar-refractivity contribution in [2.24, 2.45) is 0 Å². The molecule has 2 aromatic carbocycles. The van der Waals surface area contributed by atoms with E-state index < -0.39 is 36.1 Å². The van der Waals surface area contributed by atoms with Gasteiger partial charge in [0.2, 0.25) is 0 Å². The molecule has 2 aromatic rings. The number of likely N-dealkylation sites (tertiary alicyclic amines) is 1. The number of alkyl halides is 5. The fourth-order valence-corrected chi connectivity index (χ4v) is 4.24. The largest absolute Gasteiger partial charge is 0.573 e. The zero-order chi connectivity index (χ0) is 22.4. The summed E-state index contributed by atoms with van der Waals surface area (Å²) in [6.07, 6.45) is -6.62. The van der Waals surface area contributed by atoms with Gasteiger partial charge in [0.15, 0.2) is 0 Å². The zero-order valence-corrected chi connectivity index (χ0v) is 17.1. The summed E-state index contributed by atoms with van der Waals surface area (Å²) in [6.45, 7) is 1.32. The normalized spacial score (nSPS) is 18.3. The number of ether oxygens (including phenoxy) is 2. The van der Waals surface area contributed by atoms with Crippen LogP contribution in [0.4, 0.5) is 22.0 Å². The SMILES string of the molecule is O=S(NC1CCN(Cc2ccc(OCC(F)F)cc2)C1)c1cccc(OC(F)(F)F)c1. The van der Waals surface area contributed by atoms with Crippen molar-refractivity contribution in [2.75, 3.05) is 19.7 Å². The van der Waals surface area contributed by atoms with Crippen molar-refractivity contribution in [3.8, 4) is 11.5 Å². The third-order valence-corrected chi connectivity index (χ3v) is 5.73. The Hall–Kier alpha value is -2.24. The minimum atomic E-state index is -4.81. The molecule has 0 radical (unpaired) electrons. The molecular formula is C20H21F5N2O3S. The van der Waals surface area contributed by atoms with E-state index in [0.717, 1.165) is 30.7 Å². The lowest BCUT2D eigenvalue weighted by molar-refractivity contribution is -0.274. The summed E-state index contributed by atoms with van der Waals surface area (Å²) in [7, 11) is -1.68. The van der Waals surface area contributed by atoms with Gasteiger partial charge in [-0.1, -0.05) is 18.2 Å². The molecule has 0 saturated carbocycles. The van der Waals surface area contributed by atoms with Crippen molar-refractivity contribution in [2.45, 2.75) is 36.7 Å². The molecule has 0 spiro atoms. The summed E-state index contributed by atoms with van der Waals surface area (Å²) in [5.74, 6) is -0.0497. The van der Waals surface area contributed by atoms with Gasteiger partial charge in [-0.05, 0) is 42.3 Å². The molecule has 1 N–H and O–H groups in total. The van der Waals surface area contributed by atoms with E-state index in [1.165, 1.54) is 12.1 Å². The predicted molar refractivity (Wildman–Crippen MR) is 104 cm³/mol. The maximum absolute atomic E-state index is 12.5. The van der Waals surface area contributed by atoms with Crippen LogP contribution in [-0.4, -0.2) is 47.6 Å². The second-order valence-corrected chi connectivity index (χ2v) is 8.22.